The third-order valence-corrected chi connectivity index (χ3v) is 4.16. The largest absolute Gasteiger partial charge is 0.192 e. The number of azo groups is 2. The molecule has 0 amide bonds. The molecule has 3 aromatic rings. The van der Waals surface area contributed by atoms with Crippen molar-refractivity contribution in [3.63, 3.8) is 0 Å². The SMILES string of the molecule is CCCCc1ccc(N=Nc2ccc(N=Nc3ccc(C#N)cc3)cc2)cc1. The summed E-state index contributed by atoms with van der Waals surface area (Å²) in [6.45, 7) is 2.20. The quantitative estimate of drug-likeness (QED) is 0.394. The first-order valence-corrected chi connectivity index (χ1v) is 9.29. The van der Waals surface area contributed by atoms with Crippen LogP contribution in [0.1, 0.15) is 30.9 Å². The summed E-state index contributed by atoms with van der Waals surface area (Å²) in [4.78, 5) is 0. The molecule has 5 heteroatoms. The van der Waals surface area contributed by atoms with Gasteiger partial charge in [0.25, 0.3) is 0 Å². The Balaban J connectivity index is 1.59. The number of aryl methyl sites for hydroxylation is 1. The molecule has 138 valence electrons. The van der Waals surface area contributed by atoms with Gasteiger partial charge in [0, 0.05) is 0 Å². The van der Waals surface area contributed by atoms with Crippen LogP contribution >= 0.6 is 0 Å². The van der Waals surface area contributed by atoms with E-state index >= 15 is 0 Å². The zero-order valence-corrected chi connectivity index (χ0v) is 15.8. The van der Waals surface area contributed by atoms with E-state index < -0.39 is 0 Å². The van der Waals surface area contributed by atoms with Gasteiger partial charge in [-0.1, -0.05) is 25.5 Å². The Morgan fingerprint density at radius 1 is 0.643 bits per heavy atom. The maximum Gasteiger partial charge on any atom is 0.0991 e. The van der Waals surface area contributed by atoms with E-state index in [0.29, 0.717) is 11.3 Å². The van der Waals surface area contributed by atoms with Crippen molar-refractivity contribution in [2.24, 2.45) is 20.5 Å². The van der Waals surface area contributed by atoms with Crippen molar-refractivity contribution in [2.45, 2.75) is 26.2 Å². The molecule has 0 aliphatic rings. The minimum absolute atomic E-state index is 0.601. The molecule has 0 aromatic heterocycles. The summed E-state index contributed by atoms with van der Waals surface area (Å²) in [5, 5.41) is 25.7. The van der Waals surface area contributed by atoms with E-state index in [1.54, 1.807) is 24.3 Å². The van der Waals surface area contributed by atoms with Crippen molar-refractivity contribution >= 4 is 22.7 Å². The molecule has 0 bridgehead atoms. The van der Waals surface area contributed by atoms with Crippen LogP contribution in [0.25, 0.3) is 0 Å². The Labute approximate surface area is 165 Å². The number of hydrogen-bond acceptors (Lipinski definition) is 5. The number of benzene rings is 3. The van der Waals surface area contributed by atoms with Gasteiger partial charge in [-0.3, -0.25) is 0 Å². The van der Waals surface area contributed by atoms with Gasteiger partial charge >= 0.3 is 0 Å². The predicted molar refractivity (Wildman–Crippen MR) is 111 cm³/mol. The van der Waals surface area contributed by atoms with Gasteiger partial charge in [-0.2, -0.15) is 25.7 Å². The summed E-state index contributed by atoms with van der Waals surface area (Å²) in [5.74, 6) is 0. The fraction of sp³-hybridized carbons (Fsp3) is 0.174. The van der Waals surface area contributed by atoms with Crippen LogP contribution in [0, 0.1) is 11.3 Å². The summed E-state index contributed by atoms with van der Waals surface area (Å²) >= 11 is 0. The van der Waals surface area contributed by atoms with Crippen LogP contribution in [0.2, 0.25) is 0 Å². The number of nitrogens with zero attached hydrogens (tertiary/aromatic N) is 5. The molecule has 3 aromatic carbocycles. The average molecular weight is 367 g/mol. The van der Waals surface area contributed by atoms with E-state index in [0.717, 1.165) is 23.5 Å². The van der Waals surface area contributed by atoms with Crippen molar-refractivity contribution in [3.05, 3.63) is 83.9 Å². The van der Waals surface area contributed by atoms with Crippen molar-refractivity contribution in [1.29, 1.82) is 5.26 Å². The van der Waals surface area contributed by atoms with Gasteiger partial charge < -0.3 is 0 Å². The predicted octanol–water partition coefficient (Wildman–Crippen LogP) is 7.73. The normalized spacial score (nSPS) is 11.1. The lowest BCUT2D eigenvalue weighted by Crippen LogP contribution is -1.82. The van der Waals surface area contributed by atoms with Crippen LogP contribution in [0.5, 0.6) is 0 Å². The highest BCUT2D eigenvalue weighted by Gasteiger charge is 1.96. The van der Waals surface area contributed by atoms with Gasteiger partial charge in [0.15, 0.2) is 0 Å². The minimum atomic E-state index is 0.601. The van der Waals surface area contributed by atoms with Gasteiger partial charge in [-0.15, -0.1) is 0 Å². The second kappa shape index (κ2) is 9.89. The molecule has 0 atom stereocenters. The standard InChI is InChI=1S/C23H21N5/c1-2-3-4-18-5-9-20(10-6-18)25-27-22-13-15-23(16-14-22)28-26-21-11-7-19(17-24)8-12-21/h5-16H,2-4H2,1H3. The van der Waals surface area contributed by atoms with Gasteiger partial charge in [0.05, 0.1) is 34.4 Å². The van der Waals surface area contributed by atoms with E-state index in [9.17, 15) is 0 Å². The van der Waals surface area contributed by atoms with Crippen LogP contribution in [-0.2, 0) is 6.42 Å². The number of rotatable bonds is 7. The molecule has 0 aliphatic carbocycles. The molecule has 28 heavy (non-hydrogen) atoms. The molecule has 5 nitrogen and oxygen atoms in total. The Morgan fingerprint density at radius 3 is 1.43 bits per heavy atom. The molecule has 0 N–H and O–H groups in total. The van der Waals surface area contributed by atoms with E-state index in [1.807, 2.05) is 36.4 Å². The zero-order chi connectivity index (χ0) is 19.6. The molecular formula is C23H21N5. The number of nitriles is 1. The third kappa shape index (κ3) is 5.68. The van der Waals surface area contributed by atoms with E-state index in [-0.39, 0.29) is 0 Å². The maximum absolute atomic E-state index is 8.80. The molecule has 3 rings (SSSR count). The smallest absolute Gasteiger partial charge is 0.0991 e. The lowest BCUT2D eigenvalue weighted by molar-refractivity contribution is 0.795. The van der Waals surface area contributed by atoms with E-state index in [4.69, 9.17) is 5.26 Å². The summed E-state index contributed by atoms with van der Waals surface area (Å²) in [6.07, 6.45) is 3.51. The molecular weight excluding hydrogens is 346 g/mol. The van der Waals surface area contributed by atoms with Crippen LogP contribution in [-0.4, -0.2) is 0 Å². The van der Waals surface area contributed by atoms with Crippen molar-refractivity contribution in [2.75, 3.05) is 0 Å². The molecule has 0 radical (unpaired) electrons. The second-order valence-corrected chi connectivity index (χ2v) is 6.35. The van der Waals surface area contributed by atoms with Crippen LogP contribution in [0.15, 0.2) is 93.3 Å². The van der Waals surface area contributed by atoms with Crippen LogP contribution in [0.3, 0.4) is 0 Å². The first-order chi connectivity index (χ1) is 13.8. The van der Waals surface area contributed by atoms with Crippen molar-refractivity contribution in [3.8, 4) is 6.07 Å². The highest BCUT2D eigenvalue weighted by Crippen LogP contribution is 2.24. The summed E-state index contributed by atoms with van der Waals surface area (Å²) in [7, 11) is 0. The first kappa shape index (κ1) is 19.1. The highest BCUT2D eigenvalue weighted by molar-refractivity contribution is 5.48. The fourth-order valence-electron chi connectivity index (χ4n) is 2.53. The lowest BCUT2D eigenvalue weighted by atomic mass is 10.1. The topological polar surface area (TPSA) is 73.2 Å². The summed E-state index contributed by atoms with van der Waals surface area (Å²) in [6, 6.07) is 24.6. The first-order valence-electron chi connectivity index (χ1n) is 9.29. The van der Waals surface area contributed by atoms with Crippen LogP contribution < -0.4 is 0 Å². The van der Waals surface area contributed by atoms with Gasteiger partial charge in [-0.05, 0) is 79.1 Å². The lowest BCUT2D eigenvalue weighted by Gasteiger charge is -1.99. The fourth-order valence-corrected chi connectivity index (χ4v) is 2.53. The molecule has 0 saturated heterocycles. The Hall–Kier alpha value is -3.65. The average Bonchev–Trinajstić information content (AvgIpc) is 2.76. The second-order valence-electron chi connectivity index (χ2n) is 6.35. The summed E-state index contributed by atoms with van der Waals surface area (Å²) < 4.78 is 0. The molecule has 0 aliphatic heterocycles. The molecule has 0 spiro atoms. The molecule has 0 fully saturated rings. The Bertz CT molecular complexity index is 979. The summed E-state index contributed by atoms with van der Waals surface area (Å²) in [5.41, 5.74) is 4.95. The Morgan fingerprint density at radius 2 is 1.04 bits per heavy atom. The molecule has 0 unspecified atom stereocenters. The van der Waals surface area contributed by atoms with Crippen LogP contribution in [0.4, 0.5) is 22.7 Å². The Kier molecular flexibility index (Phi) is 6.75. The van der Waals surface area contributed by atoms with Crippen molar-refractivity contribution in [1.82, 2.24) is 0 Å². The van der Waals surface area contributed by atoms with E-state index in [2.05, 4.69) is 45.6 Å². The van der Waals surface area contributed by atoms with Gasteiger partial charge in [0.1, 0.15) is 0 Å². The molecule has 0 heterocycles. The zero-order valence-electron chi connectivity index (χ0n) is 15.8. The number of unbranched alkanes of at least 4 members (excludes halogenated alkanes) is 1. The van der Waals surface area contributed by atoms with Gasteiger partial charge in [-0.25, -0.2) is 0 Å². The van der Waals surface area contributed by atoms with E-state index in [1.165, 1.54) is 18.4 Å². The molecule has 0 saturated carbocycles. The monoisotopic (exact) mass is 367 g/mol. The maximum atomic E-state index is 8.80. The highest BCUT2D eigenvalue weighted by atomic mass is 15.1. The van der Waals surface area contributed by atoms with Crippen molar-refractivity contribution < 1.29 is 0 Å². The third-order valence-electron chi connectivity index (χ3n) is 4.16. The van der Waals surface area contributed by atoms with Gasteiger partial charge in [0.2, 0.25) is 0 Å². The number of hydrogen-bond donors (Lipinski definition) is 0. The minimum Gasteiger partial charge on any atom is -0.192 e.